The number of amides is 1. The molecule has 2 rings (SSSR count). The molecule has 20 heavy (non-hydrogen) atoms. The van der Waals surface area contributed by atoms with Gasteiger partial charge in [-0.25, -0.2) is 0 Å². The molecule has 0 bridgehead atoms. The largest absolute Gasteiger partial charge is 0.490 e. The summed E-state index contributed by atoms with van der Waals surface area (Å²) in [4.78, 5) is 11.8. The number of fused-ring (bicyclic) bond motifs is 1. The van der Waals surface area contributed by atoms with Crippen molar-refractivity contribution in [2.24, 2.45) is 0 Å². The number of nitrogens with zero attached hydrogens (tertiary/aromatic N) is 1. The Morgan fingerprint density at radius 2 is 2.15 bits per heavy atom. The fraction of sp³-hybridized carbons (Fsp3) is 0.438. The number of benzene rings is 1. The molecule has 1 aromatic heterocycles. The minimum atomic E-state index is 0.0412. The van der Waals surface area contributed by atoms with Gasteiger partial charge in [-0.15, -0.1) is 0 Å². The van der Waals surface area contributed by atoms with Crippen LogP contribution < -0.4 is 10.1 Å². The average molecular weight is 274 g/mol. The van der Waals surface area contributed by atoms with E-state index in [1.807, 2.05) is 55.8 Å². The quantitative estimate of drug-likeness (QED) is 0.880. The number of carbonyl (C=O) groups is 1. The summed E-state index contributed by atoms with van der Waals surface area (Å²) in [5.74, 6) is 0.907. The van der Waals surface area contributed by atoms with Crippen molar-refractivity contribution in [2.45, 2.75) is 39.8 Å². The summed E-state index contributed by atoms with van der Waals surface area (Å²) in [6.07, 6.45) is 3.02. The van der Waals surface area contributed by atoms with E-state index >= 15 is 0 Å². The van der Waals surface area contributed by atoms with Gasteiger partial charge in [-0.3, -0.25) is 4.79 Å². The third-order valence-corrected chi connectivity index (χ3v) is 3.02. The van der Waals surface area contributed by atoms with Gasteiger partial charge in [-0.05, 0) is 38.5 Å². The summed E-state index contributed by atoms with van der Waals surface area (Å²) < 4.78 is 7.75. The van der Waals surface area contributed by atoms with Crippen LogP contribution in [-0.4, -0.2) is 23.1 Å². The van der Waals surface area contributed by atoms with E-state index in [0.29, 0.717) is 6.54 Å². The SMILES string of the molecule is CCCNC(=O)Cn1ccc2c(OC(C)C)cccc21. The molecule has 0 aliphatic rings. The van der Waals surface area contributed by atoms with Crippen molar-refractivity contribution in [3.63, 3.8) is 0 Å². The van der Waals surface area contributed by atoms with Crippen molar-refractivity contribution >= 4 is 16.8 Å². The molecule has 1 heterocycles. The van der Waals surface area contributed by atoms with Crippen LogP contribution in [0.5, 0.6) is 5.75 Å². The van der Waals surface area contributed by atoms with E-state index in [-0.39, 0.29) is 12.0 Å². The monoisotopic (exact) mass is 274 g/mol. The van der Waals surface area contributed by atoms with E-state index < -0.39 is 0 Å². The molecule has 108 valence electrons. The summed E-state index contributed by atoms with van der Waals surface area (Å²) in [6, 6.07) is 7.93. The maximum atomic E-state index is 11.8. The zero-order valence-electron chi connectivity index (χ0n) is 12.3. The maximum absolute atomic E-state index is 11.8. The van der Waals surface area contributed by atoms with E-state index in [1.165, 1.54) is 0 Å². The molecule has 0 spiro atoms. The van der Waals surface area contributed by atoms with Gasteiger partial charge in [0.2, 0.25) is 5.91 Å². The second kappa shape index (κ2) is 6.46. The Balaban J connectivity index is 2.21. The highest BCUT2D eigenvalue weighted by molar-refractivity contribution is 5.88. The van der Waals surface area contributed by atoms with E-state index in [1.54, 1.807) is 0 Å². The van der Waals surface area contributed by atoms with Crippen LogP contribution in [0.15, 0.2) is 30.5 Å². The Hall–Kier alpha value is -1.97. The molecule has 0 radical (unpaired) electrons. The van der Waals surface area contributed by atoms with Gasteiger partial charge >= 0.3 is 0 Å². The molecular weight excluding hydrogens is 252 g/mol. The van der Waals surface area contributed by atoms with E-state index in [4.69, 9.17) is 4.74 Å². The first kappa shape index (κ1) is 14.4. The normalized spacial score (nSPS) is 11.0. The van der Waals surface area contributed by atoms with Crippen molar-refractivity contribution in [1.29, 1.82) is 0 Å². The number of hydrogen-bond acceptors (Lipinski definition) is 2. The Labute approximate surface area is 119 Å². The van der Waals surface area contributed by atoms with Crippen LogP contribution in [0.3, 0.4) is 0 Å². The molecule has 0 aliphatic carbocycles. The Kier molecular flexibility index (Phi) is 4.66. The molecule has 4 nitrogen and oxygen atoms in total. The van der Waals surface area contributed by atoms with Crippen LogP contribution >= 0.6 is 0 Å². The fourth-order valence-electron chi connectivity index (χ4n) is 2.16. The second-order valence-electron chi connectivity index (χ2n) is 5.15. The molecule has 0 atom stereocenters. The van der Waals surface area contributed by atoms with Crippen LogP contribution in [0.1, 0.15) is 27.2 Å². The summed E-state index contributed by atoms with van der Waals surface area (Å²) in [7, 11) is 0. The van der Waals surface area contributed by atoms with Crippen LogP contribution in [0.25, 0.3) is 10.9 Å². The molecule has 4 heteroatoms. The second-order valence-corrected chi connectivity index (χ2v) is 5.15. The van der Waals surface area contributed by atoms with Crippen LogP contribution in [0.4, 0.5) is 0 Å². The number of carbonyl (C=O) groups excluding carboxylic acids is 1. The van der Waals surface area contributed by atoms with Gasteiger partial charge in [-0.1, -0.05) is 13.0 Å². The first-order valence-corrected chi connectivity index (χ1v) is 7.13. The third-order valence-electron chi connectivity index (χ3n) is 3.02. The van der Waals surface area contributed by atoms with Gasteiger partial charge in [0.15, 0.2) is 0 Å². The number of ether oxygens (including phenoxy) is 1. The fourth-order valence-corrected chi connectivity index (χ4v) is 2.16. The lowest BCUT2D eigenvalue weighted by molar-refractivity contribution is -0.121. The summed E-state index contributed by atoms with van der Waals surface area (Å²) in [6.45, 7) is 7.12. The van der Waals surface area contributed by atoms with Gasteiger partial charge in [-0.2, -0.15) is 0 Å². The lowest BCUT2D eigenvalue weighted by Gasteiger charge is -2.11. The first-order valence-electron chi connectivity index (χ1n) is 7.13. The minimum Gasteiger partial charge on any atom is -0.490 e. The predicted molar refractivity (Wildman–Crippen MR) is 81.0 cm³/mol. The smallest absolute Gasteiger partial charge is 0.239 e. The lowest BCUT2D eigenvalue weighted by Crippen LogP contribution is -2.27. The molecule has 2 aromatic rings. The zero-order valence-corrected chi connectivity index (χ0v) is 12.3. The van der Waals surface area contributed by atoms with Crippen LogP contribution in [-0.2, 0) is 11.3 Å². The van der Waals surface area contributed by atoms with Gasteiger partial charge in [0, 0.05) is 18.1 Å². The Morgan fingerprint density at radius 3 is 2.85 bits per heavy atom. The first-order chi connectivity index (χ1) is 9.61. The highest BCUT2D eigenvalue weighted by atomic mass is 16.5. The highest BCUT2D eigenvalue weighted by Crippen LogP contribution is 2.27. The van der Waals surface area contributed by atoms with Crippen LogP contribution in [0.2, 0.25) is 0 Å². The van der Waals surface area contributed by atoms with E-state index in [0.717, 1.165) is 29.6 Å². The zero-order chi connectivity index (χ0) is 14.5. The van der Waals surface area contributed by atoms with Crippen molar-refractivity contribution in [1.82, 2.24) is 9.88 Å². The standard InChI is InChI=1S/C16H22N2O2/c1-4-9-17-16(19)11-18-10-8-13-14(18)6-5-7-15(13)20-12(2)3/h5-8,10,12H,4,9,11H2,1-3H3,(H,17,19). The number of aromatic nitrogens is 1. The van der Waals surface area contributed by atoms with E-state index in [9.17, 15) is 4.79 Å². The Morgan fingerprint density at radius 1 is 1.35 bits per heavy atom. The van der Waals surface area contributed by atoms with Crippen LogP contribution in [0, 0.1) is 0 Å². The minimum absolute atomic E-state index is 0.0412. The van der Waals surface area contributed by atoms with E-state index in [2.05, 4.69) is 5.32 Å². The molecule has 0 saturated carbocycles. The number of hydrogen-bond donors (Lipinski definition) is 1. The predicted octanol–water partition coefficient (Wildman–Crippen LogP) is 2.95. The molecular formula is C16H22N2O2. The average Bonchev–Trinajstić information content (AvgIpc) is 2.80. The maximum Gasteiger partial charge on any atom is 0.239 e. The van der Waals surface area contributed by atoms with Gasteiger partial charge in [0.25, 0.3) is 0 Å². The summed E-state index contributed by atoms with van der Waals surface area (Å²) >= 11 is 0. The third kappa shape index (κ3) is 3.32. The molecule has 1 aromatic carbocycles. The topological polar surface area (TPSA) is 43.3 Å². The van der Waals surface area contributed by atoms with Crippen molar-refractivity contribution in [2.75, 3.05) is 6.54 Å². The number of nitrogens with one attached hydrogen (secondary N) is 1. The molecule has 1 N–H and O–H groups in total. The molecule has 1 amide bonds. The van der Waals surface area contributed by atoms with Crippen molar-refractivity contribution in [3.8, 4) is 5.75 Å². The van der Waals surface area contributed by atoms with Crippen molar-refractivity contribution < 1.29 is 9.53 Å². The highest BCUT2D eigenvalue weighted by Gasteiger charge is 2.09. The van der Waals surface area contributed by atoms with Gasteiger partial charge in [0.1, 0.15) is 12.3 Å². The molecule has 0 fully saturated rings. The van der Waals surface area contributed by atoms with Crippen molar-refractivity contribution in [3.05, 3.63) is 30.5 Å². The number of rotatable bonds is 6. The summed E-state index contributed by atoms with van der Waals surface area (Å²) in [5, 5.41) is 3.94. The van der Waals surface area contributed by atoms with Gasteiger partial charge < -0.3 is 14.6 Å². The summed E-state index contributed by atoms with van der Waals surface area (Å²) in [5.41, 5.74) is 1.02. The molecule has 0 aliphatic heterocycles. The Bertz CT molecular complexity index is 587. The lowest BCUT2D eigenvalue weighted by atomic mass is 10.2. The molecule has 0 unspecified atom stereocenters. The molecule has 0 saturated heterocycles. The van der Waals surface area contributed by atoms with Gasteiger partial charge in [0.05, 0.1) is 11.6 Å².